The molecule has 3 N–H and O–H groups in total. The van der Waals surface area contributed by atoms with Gasteiger partial charge in [0, 0.05) is 73.4 Å². The standard InChI is InChI=1S/C31H36ClFN5O6P/c1-19(39)23-16-37(25-12-21(45(42,43)44)6-7-22(23)25)17-28(40)38-26(30(41)34-15-20-4-3-5-24(32)29(20)33)13-31(14-27(31)38)18-36-10-8-35(2)9-11-36/h3-7,12,16,26-27H,8-11,13-15,17-18H2,1-2H3,(H,34,41)(H2,42,43,44)/t26-,27-,31-/m0/s1. The van der Waals surface area contributed by atoms with E-state index in [4.69, 9.17) is 11.6 Å². The lowest BCUT2D eigenvalue weighted by Crippen LogP contribution is -2.48. The van der Waals surface area contributed by atoms with Crippen molar-refractivity contribution in [2.24, 2.45) is 5.41 Å². The second-order valence-electron chi connectivity index (χ2n) is 12.6. The molecule has 0 radical (unpaired) electrons. The minimum atomic E-state index is -4.60. The van der Waals surface area contributed by atoms with Crippen LogP contribution in [0.1, 0.15) is 35.7 Å². The molecule has 240 valence electrons. The maximum absolute atomic E-state index is 14.6. The molecule has 2 aromatic carbocycles. The highest BCUT2D eigenvalue weighted by molar-refractivity contribution is 7.60. The number of Topliss-reactive ketones (excluding diaryl/α,β-unsaturated/α-hetero) is 1. The molecule has 3 aromatic rings. The van der Waals surface area contributed by atoms with Crippen LogP contribution >= 0.6 is 19.2 Å². The van der Waals surface area contributed by atoms with Crippen LogP contribution in [0.4, 0.5) is 4.39 Å². The number of hydrogen-bond donors (Lipinski definition) is 3. The van der Waals surface area contributed by atoms with Gasteiger partial charge < -0.3 is 34.4 Å². The predicted molar refractivity (Wildman–Crippen MR) is 167 cm³/mol. The van der Waals surface area contributed by atoms with E-state index in [2.05, 4.69) is 22.2 Å². The second-order valence-corrected chi connectivity index (χ2v) is 14.6. The first-order valence-electron chi connectivity index (χ1n) is 14.9. The maximum atomic E-state index is 14.6. The first kappa shape index (κ1) is 31.8. The summed E-state index contributed by atoms with van der Waals surface area (Å²) in [5, 5.41) is 3.01. The molecule has 3 fully saturated rings. The van der Waals surface area contributed by atoms with Crippen molar-refractivity contribution < 1.29 is 33.1 Å². The van der Waals surface area contributed by atoms with Gasteiger partial charge in [0.05, 0.1) is 15.8 Å². The summed E-state index contributed by atoms with van der Waals surface area (Å²) < 4.78 is 28.1. The average Bonchev–Trinajstić information content (AvgIpc) is 3.39. The molecular weight excluding hydrogens is 624 g/mol. The van der Waals surface area contributed by atoms with Crippen LogP contribution in [-0.4, -0.2) is 98.5 Å². The van der Waals surface area contributed by atoms with Crippen molar-refractivity contribution in [2.45, 2.75) is 44.9 Å². The summed E-state index contributed by atoms with van der Waals surface area (Å²) in [5.74, 6) is -1.60. The Morgan fingerprint density at radius 3 is 2.53 bits per heavy atom. The smallest absolute Gasteiger partial charge is 0.350 e. The number of carbonyl (C=O) groups excluding carboxylic acids is 3. The number of fused-ring (bicyclic) bond motifs is 2. The average molecular weight is 660 g/mol. The van der Waals surface area contributed by atoms with E-state index in [0.717, 1.165) is 39.1 Å². The molecule has 1 aromatic heterocycles. The number of piperazine rings is 1. The maximum Gasteiger partial charge on any atom is 0.356 e. The third-order valence-electron chi connectivity index (χ3n) is 9.51. The van der Waals surface area contributed by atoms with Crippen molar-refractivity contribution in [2.75, 3.05) is 39.8 Å². The molecule has 1 aliphatic carbocycles. The van der Waals surface area contributed by atoms with E-state index in [1.807, 2.05) is 0 Å². The van der Waals surface area contributed by atoms with Crippen LogP contribution in [0.3, 0.4) is 0 Å². The van der Waals surface area contributed by atoms with Gasteiger partial charge in [0.15, 0.2) is 5.78 Å². The number of nitrogens with one attached hydrogen (secondary N) is 1. The molecule has 3 atom stereocenters. The number of likely N-dealkylation sites (N-methyl/N-ethyl adjacent to an activating group) is 1. The number of nitrogens with zero attached hydrogens (tertiary/aromatic N) is 4. The van der Waals surface area contributed by atoms with Crippen molar-refractivity contribution in [3.8, 4) is 0 Å². The Morgan fingerprint density at radius 2 is 1.84 bits per heavy atom. The third-order valence-corrected chi connectivity index (χ3v) is 10.8. The van der Waals surface area contributed by atoms with Crippen LogP contribution < -0.4 is 10.6 Å². The summed E-state index contributed by atoms with van der Waals surface area (Å²) in [4.78, 5) is 66.0. The third kappa shape index (κ3) is 6.19. The Balaban J connectivity index is 1.28. The molecule has 14 heteroatoms. The Kier molecular flexibility index (Phi) is 8.43. The normalized spacial score (nSPS) is 23.7. The van der Waals surface area contributed by atoms with E-state index in [1.165, 1.54) is 42.0 Å². The Bertz CT molecular complexity index is 1740. The molecule has 0 unspecified atom stereocenters. The van der Waals surface area contributed by atoms with Gasteiger partial charge in [-0.1, -0.05) is 29.8 Å². The number of amides is 2. The van der Waals surface area contributed by atoms with Crippen molar-refractivity contribution >= 4 is 53.0 Å². The number of carbonyl (C=O) groups is 3. The quantitative estimate of drug-likeness (QED) is 0.236. The van der Waals surface area contributed by atoms with Crippen molar-refractivity contribution in [1.82, 2.24) is 24.6 Å². The number of likely N-dealkylation sites (tertiary alicyclic amines) is 1. The summed E-state index contributed by atoms with van der Waals surface area (Å²) in [6, 6.07) is 7.69. The largest absolute Gasteiger partial charge is 0.356 e. The number of piperidine rings is 1. The number of hydrogen-bond acceptors (Lipinski definition) is 6. The summed E-state index contributed by atoms with van der Waals surface area (Å²) in [5.41, 5.74) is 0.655. The van der Waals surface area contributed by atoms with Gasteiger partial charge in [-0.15, -0.1) is 0 Å². The van der Waals surface area contributed by atoms with Crippen molar-refractivity contribution in [3.63, 3.8) is 0 Å². The van der Waals surface area contributed by atoms with Gasteiger partial charge in [-0.3, -0.25) is 18.9 Å². The van der Waals surface area contributed by atoms with Gasteiger partial charge in [0.2, 0.25) is 11.8 Å². The number of benzene rings is 2. The van der Waals surface area contributed by atoms with Gasteiger partial charge in [0.1, 0.15) is 18.4 Å². The van der Waals surface area contributed by atoms with Gasteiger partial charge in [-0.25, -0.2) is 4.39 Å². The molecule has 6 rings (SSSR count). The van der Waals surface area contributed by atoms with Crippen LogP contribution in [0.5, 0.6) is 0 Å². The highest BCUT2D eigenvalue weighted by Crippen LogP contribution is 2.60. The first-order valence-corrected chi connectivity index (χ1v) is 16.9. The fraction of sp³-hybridized carbons (Fsp3) is 0.452. The summed E-state index contributed by atoms with van der Waals surface area (Å²) in [6.07, 6.45) is 2.74. The van der Waals surface area contributed by atoms with E-state index < -0.39 is 25.4 Å². The molecule has 2 saturated heterocycles. The van der Waals surface area contributed by atoms with E-state index in [-0.39, 0.29) is 52.1 Å². The summed E-state index contributed by atoms with van der Waals surface area (Å²) in [6.45, 7) is 5.50. The monoisotopic (exact) mass is 659 g/mol. The predicted octanol–water partition coefficient (Wildman–Crippen LogP) is 2.36. The first-order chi connectivity index (χ1) is 21.3. The number of rotatable bonds is 9. The topological polar surface area (TPSA) is 135 Å². The highest BCUT2D eigenvalue weighted by atomic mass is 35.5. The zero-order valence-electron chi connectivity index (χ0n) is 25.1. The Hall–Kier alpha value is -3.12. The SMILES string of the molecule is CC(=O)c1cn(CC(=O)N2[C@H]3C[C@]3(CN3CCN(C)CC3)C[C@H]2C(=O)NCc2cccc(Cl)c2F)c2cc(P(=O)(O)O)ccc12. The molecule has 3 heterocycles. The van der Waals surface area contributed by atoms with Crippen LogP contribution in [0.2, 0.25) is 5.02 Å². The summed E-state index contributed by atoms with van der Waals surface area (Å²) in [7, 11) is -2.51. The molecule has 2 aliphatic heterocycles. The van der Waals surface area contributed by atoms with Crippen LogP contribution in [0.15, 0.2) is 42.6 Å². The minimum Gasteiger partial charge on any atom is -0.350 e. The van der Waals surface area contributed by atoms with Crippen LogP contribution in [0, 0.1) is 11.2 Å². The number of halogens is 2. The number of ketones is 1. The molecule has 45 heavy (non-hydrogen) atoms. The number of aromatic nitrogens is 1. The van der Waals surface area contributed by atoms with E-state index >= 15 is 0 Å². The molecule has 2 amide bonds. The lowest BCUT2D eigenvalue weighted by molar-refractivity contribution is -0.140. The van der Waals surface area contributed by atoms with Gasteiger partial charge in [-0.05, 0) is 45.0 Å². The lowest BCUT2D eigenvalue weighted by Gasteiger charge is -2.34. The van der Waals surface area contributed by atoms with E-state index in [0.29, 0.717) is 22.9 Å². The Morgan fingerprint density at radius 1 is 1.11 bits per heavy atom. The summed E-state index contributed by atoms with van der Waals surface area (Å²) >= 11 is 5.93. The van der Waals surface area contributed by atoms with Gasteiger partial charge in [0.25, 0.3) is 0 Å². The van der Waals surface area contributed by atoms with Gasteiger partial charge in [-0.2, -0.15) is 0 Å². The van der Waals surface area contributed by atoms with Crippen LogP contribution in [-0.2, 0) is 27.2 Å². The zero-order chi connectivity index (χ0) is 32.3. The van der Waals surface area contributed by atoms with Gasteiger partial charge >= 0.3 is 7.60 Å². The molecule has 0 bridgehead atoms. The van der Waals surface area contributed by atoms with E-state index in [1.54, 1.807) is 17.0 Å². The highest BCUT2D eigenvalue weighted by Gasteiger charge is 2.67. The zero-order valence-corrected chi connectivity index (χ0v) is 26.7. The molecule has 1 saturated carbocycles. The van der Waals surface area contributed by atoms with Crippen molar-refractivity contribution in [3.05, 3.63) is 64.6 Å². The molecule has 3 aliphatic rings. The van der Waals surface area contributed by atoms with Crippen molar-refractivity contribution in [1.29, 1.82) is 0 Å². The Labute approximate surface area is 265 Å². The fourth-order valence-corrected chi connectivity index (χ4v) is 7.73. The van der Waals surface area contributed by atoms with E-state index in [9.17, 15) is 33.1 Å². The second kappa shape index (κ2) is 11.9. The molecule has 11 nitrogen and oxygen atoms in total. The van der Waals surface area contributed by atoms with Crippen LogP contribution in [0.25, 0.3) is 10.9 Å². The minimum absolute atomic E-state index is 0.0439. The fourth-order valence-electron chi connectivity index (χ4n) is 6.98. The molecular formula is C31H36ClFN5O6P. The lowest BCUT2D eigenvalue weighted by atomic mass is 9.97. The molecule has 0 spiro atoms.